The lowest BCUT2D eigenvalue weighted by molar-refractivity contribution is 0.315. The Kier molecular flexibility index (Phi) is 4.09. The largest absolute Gasteiger partial charge is 0.552 e. The summed E-state index contributed by atoms with van der Waals surface area (Å²) in [5, 5.41) is 11.1. The average molecular weight is 329 g/mol. The second-order valence-electron chi connectivity index (χ2n) is 6.20. The summed E-state index contributed by atoms with van der Waals surface area (Å²) in [6.45, 7) is 2.19. The molecule has 0 bridgehead atoms. The molecule has 0 radical (unpaired) electrons. The maximum absolute atomic E-state index is 10.0. The van der Waals surface area contributed by atoms with E-state index in [1.165, 1.54) is 12.0 Å². The summed E-state index contributed by atoms with van der Waals surface area (Å²) >= 11 is 1.82. The van der Waals surface area contributed by atoms with Crippen molar-refractivity contribution in [3.8, 4) is 5.75 Å². The van der Waals surface area contributed by atoms with Crippen molar-refractivity contribution in [2.45, 2.75) is 32.2 Å². The smallest absolute Gasteiger partial charge is 0.531 e. The zero-order valence-corrected chi connectivity index (χ0v) is 13.9. The Bertz CT molecular complexity index is 742. The lowest BCUT2D eigenvalue weighted by Gasteiger charge is -2.39. The highest BCUT2D eigenvalue weighted by molar-refractivity contribution is 7.97. The molecule has 3 heterocycles. The van der Waals surface area contributed by atoms with Gasteiger partial charge in [-0.15, -0.1) is 0 Å². The highest BCUT2D eigenvalue weighted by Gasteiger charge is 2.37. The third-order valence-corrected chi connectivity index (χ3v) is 5.66. The highest BCUT2D eigenvalue weighted by Crippen LogP contribution is 2.46. The van der Waals surface area contributed by atoms with Gasteiger partial charge < -0.3 is 14.7 Å². The first-order valence-electron chi connectivity index (χ1n) is 8.16. The van der Waals surface area contributed by atoms with E-state index in [2.05, 4.69) is 21.6 Å². The fraction of sp³-hybridized carbons (Fsp3) is 0.438. The van der Waals surface area contributed by atoms with Crippen LogP contribution in [-0.2, 0) is 0 Å². The molecular formula is C16H20BN3O2S. The first-order valence-corrected chi connectivity index (χ1v) is 9.15. The molecule has 2 aromatic rings. The quantitative estimate of drug-likeness (QED) is 0.447. The molecule has 2 aromatic heterocycles. The van der Waals surface area contributed by atoms with Gasteiger partial charge >= 0.3 is 7.12 Å². The number of hydrogen-bond acceptors (Lipinski definition) is 5. The molecule has 1 aliphatic heterocycles. The van der Waals surface area contributed by atoms with Crippen molar-refractivity contribution >= 4 is 35.7 Å². The van der Waals surface area contributed by atoms with Crippen LogP contribution in [0, 0.1) is 5.92 Å². The number of rotatable bonds is 5. The minimum Gasteiger partial charge on any atom is -0.531 e. The van der Waals surface area contributed by atoms with Gasteiger partial charge in [0.2, 0.25) is 0 Å². The van der Waals surface area contributed by atoms with Crippen molar-refractivity contribution < 1.29 is 9.68 Å². The predicted octanol–water partition coefficient (Wildman–Crippen LogP) is 2.78. The Labute approximate surface area is 140 Å². The first kappa shape index (κ1) is 15.1. The highest BCUT2D eigenvalue weighted by atomic mass is 32.2. The molecule has 2 aliphatic rings. The van der Waals surface area contributed by atoms with Crippen LogP contribution in [0.1, 0.15) is 31.7 Å². The van der Waals surface area contributed by atoms with Crippen LogP contribution in [0.3, 0.4) is 0 Å². The molecule has 5 nitrogen and oxygen atoms in total. The molecule has 7 heteroatoms. The van der Waals surface area contributed by atoms with Crippen molar-refractivity contribution in [1.29, 1.82) is 0 Å². The molecular weight excluding hydrogens is 309 g/mol. The lowest BCUT2D eigenvalue weighted by atomic mass is 9.68. The van der Waals surface area contributed by atoms with Gasteiger partial charge in [0.05, 0.1) is 6.20 Å². The molecule has 1 saturated carbocycles. The number of hydrogen-bond donors (Lipinski definition) is 3. The van der Waals surface area contributed by atoms with Crippen LogP contribution in [0.4, 0.5) is 0 Å². The third-order valence-electron chi connectivity index (χ3n) is 4.54. The van der Waals surface area contributed by atoms with Crippen LogP contribution < -0.4 is 9.38 Å². The van der Waals surface area contributed by atoms with E-state index in [1.54, 1.807) is 6.20 Å². The van der Waals surface area contributed by atoms with Crippen LogP contribution in [0.25, 0.3) is 16.6 Å². The maximum Gasteiger partial charge on any atom is 0.552 e. The second kappa shape index (κ2) is 6.22. The van der Waals surface area contributed by atoms with Gasteiger partial charge in [-0.3, -0.25) is 4.72 Å². The number of H-pyrrole nitrogens is 1. The van der Waals surface area contributed by atoms with Crippen LogP contribution >= 0.6 is 11.9 Å². The van der Waals surface area contributed by atoms with Crippen molar-refractivity contribution in [3.05, 3.63) is 30.0 Å². The molecule has 4 rings (SSSR count). The summed E-state index contributed by atoms with van der Waals surface area (Å²) in [4.78, 5) is 7.50. The zero-order chi connectivity index (χ0) is 15.8. The minimum absolute atomic E-state index is 0.465. The van der Waals surface area contributed by atoms with Gasteiger partial charge in [0, 0.05) is 28.9 Å². The van der Waals surface area contributed by atoms with E-state index in [9.17, 15) is 5.02 Å². The van der Waals surface area contributed by atoms with E-state index in [0.717, 1.165) is 35.2 Å². The Morgan fingerprint density at radius 3 is 3.22 bits per heavy atom. The molecule has 23 heavy (non-hydrogen) atoms. The van der Waals surface area contributed by atoms with Gasteiger partial charge in [0.25, 0.3) is 0 Å². The summed E-state index contributed by atoms with van der Waals surface area (Å²) < 4.78 is 9.08. The Morgan fingerprint density at radius 2 is 2.39 bits per heavy atom. The van der Waals surface area contributed by atoms with Gasteiger partial charge in [0.1, 0.15) is 11.4 Å². The molecule has 0 spiro atoms. The monoisotopic (exact) mass is 329 g/mol. The van der Waals surface area contributed by atoms with E-state index >= 15 is 0 Å². The molecule has 1 fully saturated rings. The zero-order valence-electron chi connectivity index (χ0n) is 13.1. The normalized spacial score (nSPS) is 23.2. The van der Waals surface area contributed by atoms with E-state index in [-0.39, 0.29) is 0 Å². The SMILES string of the molecule is CCCSNC1CC(C2=CB(O)Oc3cnc4[nH]ccc4c32)C1. The maximum atomic E-state index is 10.0. The third kappa shape index (κ3) is 2.77. The Morgan fingerprint density at radius 1 is 1.52 bits per heavy atom. The fourth-order valence-electron chi connectivity index (χ4n) is 3.36. The molecule has 1 aliphatic carbocycles. The van der Waals surface area contributed by atoms with Gasteiger partial charge in [-0.05, 0) is 42.8 Å². The molecule has 3 N–H and O–H groups in total. The van der Waals surface area contributed by atoms with Gasteiger partial charge in [-0.1, -0.05) is 18.9 Å². The number of aromatic nitrogens is 2. The lowest BCUT2D eigenvalue weighted by Crippen LogP contribution is -2.39. The van der Waals surface area contributed by atoms with Gasteiger partial charge in [0.15, 0.2) is 0 Å². The topological polar surface area (TPSA) is 70.2 Å². The molecule has 0 amide bonds. The number of aromatic amines is 1. The number of nitrogens with one attached hydrogen (secondary N) is 2. The van der Waals surface area contributed by atoms with E-state index in [0.29, 0.717) is 17.7 Å². The average Bonchev–Trinajstić information content (AvgIpc) is 2.97. The van der Waals surface area contributed by atoms with E-state index < -0.39 is 7.12 Å². The number of allylic oxidation sites excluding steroid dienone is 1. The molecule has 120 valence electrons. The summed E-state index contributed by atoms with van der Waals surface area (Å²) in [5.41, 5.74) is 3.15. The number of pyridine rings is 1. The van der Waals surface area contributed by atoms with E-state index in [1.807, 2.05) is 30.2 Å². The summed E-state index contributed by atoms with van der Waals surface area (Å²) in [5.74, 6) is 4.15. The summed E-state index contributed by atoms with van der Waals surface area (Å²) in [6, 6.07) is 2.59. The molecule has 0 unspecified atom stereocenters. The van der Waals surface area contributed by atoms with Crippen LogP contribution in [0.15, 0.2) is 24.4 Å². The van der Waals surface area contributed by atoms with Crippen molar-refractivity contribution in [2.75, 3.05) is 5.75 Å². The predicted molar refractivity (Wildman–Crippen MR) is 95.1 cm³/mol. The number of nitrogens with zero attached hydrogens (tertiary/aromatic N) is 1. The number of fused-ring (bicyclic) bond motifs is 3. The first-order chi connectivity index (χ1) is 11.3. The van der Waals surface area contributed by atoms with Gasteiger partial charge in [-0.2, -0.15) is 0 Å². The van der Waals surface area contributed by atoms with Gasteiger partial charge in [-0.25, -0.2) is 4.98 Å². The van der Waals surface area contributed by atoms with Crippen molar-refractivity contribution in [1.82, 2.24) is 14.7 Å². The van der Waals surface area contributed by atoms with Crippen molar-refractivity contribution in [2.24, 2.45) is 5.92 Å². The Hall–Kier alpha value is -1.44. The second-order valence-corrected chi connectivity index (χ2v) is 7.13. The summed E-state index contributed by atoms with van der Waals surface area (Å²) in [7, 11) is -0.878. The van der Waals surface area contributed by atoms with Crippen LogP contribution in [0.5, 0.6) is 5.75 Å². The Balaban J connectivity index is 1.57. The van der Waals surface area contributed by atoms with Crippen LogP contribution in [0.2, 0.25) is 0 Å². The molecule has 0 aromatic carbocycles. The van der Waals surface area contributed by atoms with Crippen LogP contribution in [-0.4, -0.2) is 33.9 Å². The molecule has 0 saturated heterocycles. The summed E-state index contributed by atoms with van der Waals surface area (Å²) in [6.07, 6.45) is 6.99. The van der Waals surface area contributed by atoms with Crippen molar-refractivity contribution in [3.63, 3.8) is 0 Å². The van der Waals surface area contributed by atoms with E-state index in [4.69, 9.17) is 4.65 Å². The standard InChI is InChI=1S/C16H20BN3O2S/c1-2-5-23-20-11-6-10(7-11)13-8-17(21)22-14-9-19-16-12(15(13)14)3-4-18-16/h3-4,8-11,20-21H,2,5-7H2,1H3,(H,18,19). The minimum atomic E-state index is -0.878. The fourth-order valence-corrected chi connectivity index (χ4v) is 4.11. The molecule has 0 atom stereocenters.